The molecule has 0 atom stereocenters. The van der Waals surface area contributed by atoms with E-state index in [-0.39, 0.29) is 23.7 Å². The van der Waals surface area contributed by atoms with Crippen LogP contribution in [0.25, 0.3) is 0 Å². The van der Waals surface area contributed by atoms with Crippen molar-refractivity contribution in [2.24, 2.45) is 0 Å². The Morgan fingerprint density at radius 1 is 1.17 bits per heavy atom. The van der Waals surface area contributed by atoms with Crippen molar-refractivity contribution in [2.75, 3.05) is 24.4 Å². The van der Waals surface area contributed by atoms with E-state index in [1.54, 1.807) is 24.3 Å². The summed E-state index contributed by atoms with van der Waals surface area (Å²) in [6.45, 7) is 1.98. The number of anilines is 2. The fraction of sp³-hybridized carbons (Fsp3) is 0.250. The van der Waals surface area contributed by atoms with E-state index in [0.717, 1.165) is 0 Å². The fourth-order valence-corrected chi connectivity index (χ4v) is 1.98. The van der Waals surface area contributed by atoms with Crippen molar-refractivity contribution in [3.63, 3.8) is 0 Å². The summed E-state index contributed by atoms with van der Waals surface area (Å²) in [6.07, 6.45) is 0. The van der Waals surface area contributed by atoms with Gasteiger partial charge in [-0.1, -0.05) is 6.07 Å². The molecule has 2 rings (SSSR count). The highest BCUT2D eigenvalue weighted by atomic mass is 16.5. The Labute approximate surface area is 138 Å². The van der Waals surface area contributed by atoms with Gasteiger partial charge in [0.1, 0.15) is 5.69 Å². The maximum Gasteiger partial charge on any atom is 0.276 e. The zero-order valence-corrected chi connectivity index (χ0v) is 13.4. The molecule has 8 heteroatoms. The molecule has 0 aliphatic heterocycles. The maximum atomic E-state index is 12.3. The molecule has 0 aliphatic carbocycles. The van der Waals surface area contributed by atoms with E-state index in [1.165, 1.54) is 30.8 Å². The first-order valence-corrected chi connectivity index (χ1v) is 7.25. The zero-order chi connectivity index (χ0) is 17.5. The summed E-state index contributed by atoms with van der Waals surface area (Å²) in [5, 5.41) is 9.33. The Hall–Kier alpha value is -3.00. The molecular formula is C16H18N4O4. The highest BCUT2D eigenvalue weighted by Gasteiger charge is 2.10. The van der Waals surface area contributed by atoms with E-state index < -0.39 is 5.91 Å². The number of methoxy groups -OCH3 is 1. The second kappa shape index (κ2) is 8.02. The van der Waals surface area contributed by atoms with Gasteiger partial charge >= 0.3 is 0 Å². The second-order valence-electron chi connectivity index (χ2n) is 4.99. The number of aromatic nitrogens is 2. The molecule has 0 saturated heterocycles. The first kappa shape index (κ1) is 17.4. The second-order valence-corrected chi connectivity index (χ2v) is 4.99. The summed E-state index contributed by atoms with van der Waals surface area (Å²) < 4.78 is 6.08. The first-order chi connectivity index (χ1) is 11.5. The molecule has 0 saturated carbocycles. The molecular weight excluding hydrogens is 312 g/mol. The highest BCUT2D eigenvalue weighted by molar-refractivity contribution is 6.03. The van der Waals surface area contributed by atoms with E-state index in [9.17, 15) is 14.4 Å². The van der Waals surface area contributed by atoms with Gasteiger partial charge in [-0.2, -0.15) is 5.10 Å². The van der Waals surface area contributed by atoms with Crippen LogP contribution in [0.2, 0.25) is 0 Å². The van der Waals surface area contributed by atoms with Crippen molar-refractivity contribution < 1.29 is 14.3 Å². The molecule has 2 amide bonds. The summed E-state index contributed by atoms with van der Waals surface area (Å²) in [6, 6.07) is 9.36. The van der Waals surface area contributed by atoms with Crippen LogP contribution in [-0.2, 0) is 16.1 Å². The fourth-order valence-electron chi connectivity index (χ4n) is 1.98. The van der Waals surface area contributed by atoms with E-state index in [1.807, 2.05) is 0 Å². The lowest BCUT2D eigenvalue weighted by atomic mass is 10.2. The van der Waals surface area contributed by atoms with Gasteiger partial charge in [0, 0.05) is 31.5 Å². The lowest BCUT2D eigenvalue weighted by Gasteiger charge is -2.09. The van der Waals surface area contributed by atoms with Gasteiger partial charge in [-0.05, 0) is 24.3 Å². The number of ether oxygens (including phenoxy) is 1. The Bertz CT molecular complexity index is 801. The van der Waals surface area contributed by atoms with Crippen LogP contribution >= 0.6 is 0 Å². The molecule has 0 fully saturated rings. The minimum absolute atomic E-state index is 0.107. The maximum absolute atomic E-state index is 12.3. The average molecular weight is 330 g/mol. The third kappa shape index (κ3) is 4.75. The molecule has 8 nitrogen and oxygen atoms in total. The number of hydrogen-bond acceptors (Lipinski definition) is 5. The Morgan fingerprint density at radius 2 is 1.88 bits per heavy atom. The summed E-state index contributed by atoms with van der Waals surface area (Å²) >= 11 is 0. The van der Waals surface area contributed by atoms with Gasteiger partial charge in [0.05, 0.1) is 13.2 Å². The Kier molecular flexibility index (Phi) is 5.80. The minimum atomic E-state index is -0.457. The summed E-state index contributed by atoms with van der Waals surface area (Å²) in [7, 11) is 1.52. The summed E-state index contributed by atoms with van der Waals surface area (Å²) in [5.74, 6) is -0.661. The van der Waals surface area contributed by atoms with Crippen molar-refractivity contribution in [2.45, 2.75) is 13.5 Å². The van der Waals surface area contributed by atoms with Crippen LogP contribution in [0.1, 0.15) is 17.4 Å². The van der Waals surface area contributed by atoms with Crippen molar-refractivity contribution in [1.82, 2.24) is 9.78 Å². The molecule has 0 unspecified atom stereocenters. The zero-order valence-electron chi connectivity index (χ0n) is 13.4. The van der Waals surface area contributed by atoms with Crippen LogP contribution in [0.5, 0.6) is 0 Å². The van der Waals surface area contributed by atoms with Crippen LogP contribution < -0.4 is 16.2 Å². The van der Waals surface area contributed by atoms with E-state index >= 15 is 0 Å². The average Bonchev–Trinajstić information content (AvgIpc) is 2.53. The van der Waals surface area contributed by atoms with E-state index in [4.69, 9.17) is 4.74 Å². The molecule has 0 spiro atoms. The first-order valence-electron chi connectivity index (χ1n) is 7.25. The molecule has 2 N–H and O–H groups in total. The van der Waals surface area contributed by atoms with Crippen molar-refractivity contribution in [3.8, 4) is 0 Å². The number of amides is 2. The van der Waals surface area contributed by atoms with E-state index in [0.29, 0.717) is 18.0 Å². The van der Waals surface area contributed by atoms with Gasteiger partial charge in [0.25, 0.3) is 11.5 Å². The van der Waals surface area contributed by atoms with Crippen LogP contribution in [0.3, 0.4) is 0 Å². The molecule has 0 radical (unpaired) electrons. The van der Waals surface area contributed by atoms with E-state index in [2.05, 4.69) is 15.7 Å². The largest absolute Gasteiger partial charge is 0.383 e. The Morgan fingerprint density at radius 3 is 2.54 bits per heavy atom. The lowest BCUT2D eigenvalue weighted by Crippen LogP contribution is -2.27. The molecule has 126 valence electrons. The molecule has 1 aromatic heterocycles. The third-order valence-electron chi connectivity index (χ3n) is 3.05. The number of benzene rings is 1. The summed E-state index contributed by atoms with van der Waals surface area (Å²) in [5.41, 5.74) is 0.868. The van der Waals surface area contributed by atoms with Gasteiger partial charge in [-0.25, -0.2) is 4.68 Å². The third-order valence-corrected chi connectivity index (χ3v) is 3.05. The quantitative estimate of drug-likeness (QED) is 0.826. The van der Waals surface area contributed by atoms with Gasteiger partial charge in [0.2, 0.25) is 5.91 Å². The van der Waals surface area contributed by atoms with Crippen molar-refractivity contribution in [1.29, 1.82) is 0 Å². The summed E-state index contributed by atoms with van der Waals surface area (Å²) in [4.78, 5) is 35.0. The highest BCUT2D eigenvalue weighted by Crippen LogP contribution is 2.15. The number of nitrogens with zero attached hydrogens (tertiary/aromatic N) is 2. The topological polar surface area (TPSA) is 102 Å². The van der Waals surface area contributed by atoms with Crippen LogP contribution in [0.4, 0.5) is 11.4 Å². The number of carbonyl (C=O) groups excluding carboxylic acids is 2. The number of hydrogen-bond donors (Lipinski definition) is 2. The van der Waals surface area contributed by atoms with Gasteiger partial charge in [-0.3, -0.25) is 14.4 Å². The van der Waals surface area contributed by atoms with Crippen molar-refractivity contribution in [3.05, 3.63) is 52.4 Å². The van der Waals surface area contributed by atoms with Crippen LogP contribution in [0, 0.1) is 0 Å². The normalized spacial score (nSPS) is 10.2. The molecule has 1 aromatic carbocycles. The SMILES string of the molecule is COCCn1nc(C(=O)Nc2cccc(NC(C)=O)c2)ccc1=O. The molecule has 1 heterocycles. The monoisotopic (exact) mass is 330 g/mol. The standard InChI is InChI=1S/C16H18N4O4/c1-11(21)17-12-4-3-5-13(10-12)18-16(23)14-6-7-15(22)20(19-14)8-9-24-2/h3-7,10H,8-9H2,1-2H3,(H,17,21)(H,18,23). The predicted molar refractivity (Wildman–Crippen MR) is 89.1 cm³/mol. The molecule has 24 heavy (non-hydrogen) atoms. The minimum Gasteiger partial charge on any atom is -0.383 e. The van der Waals surface area contributed by atoms with Gasteiger partial charge in [0.15, 0.2) is 0 Å². The van der Waals surface area contributed by atoms with Gasteiger partial charge in [-0.15, -0.1) is 0 Å². The van der Waals surface area contributed by atoms with Gasteiger partial charge < -0.3 is 15.4 Å². The van der Waals surface area contributed by atoms with Crippen LogP contribution in [-0.4, -0.2) is 35.3 Å². The molecule has 0 aliphatic rings. The number of nitrogens with one attached hydrogen (secondary N) is 2. The predicted octanol–water partition coefficient (Wildman–Crippen LogP) is 1.10. The lowest BCUT2D eigenvalue weighted by molar-refractivity contribution is -0.114. The van der Waals surface area contributed by atoms with Crippen LogP contribution in [0.15, 0.2) is 41.2 Å². The smallest absolute Gasteiger partial charge is 0.276 e. The van der Waals surface area contributed by atoms with Crippen molar-refractivity contribution >= 4 is 23.2 Å². The number of rotatable bonds is 6. The number of carbonyl (C=O) groups is 2. The Balaban J connectivity index is 2.15. The molecule has 2 aromatic rings. The molecule has 0 bridgehead atoms.